The molecular formula is C20H27ClN2O5S. The molecule has 1 amide bonds. The largest absolute Gasteiger partial charge is 0.350 e. The highest BCUT2D eigenvalue weighted by Gasteiger charge is 2.34. The van der Waals surface area contributed by atoms with Gasteiger partial charge in [-0.3, -0.25) is 4.79 Å². The second-order valence-electron chi connectivity index (χ2n) is 7.87. The van der Waals surface area contributed by atoms with Crippen molar-refractivity contribution < 1.29 is 22.7 Å². The Balaban J connectivity index is 1.54. The van der Waals surface area contributed by atoms with E-state index >= 15 is 0 Å². The lowest BCUT2D eigenvalue weighted by Crippen LogP contribution is -2.44. The van der Waals surface area contributed by atoms with Crippen molar-refractivity contribution in [2.75, 3.05) is 39.4 Å². The molecule has 1 unspecified atom stereocenters. The smallest absolute Gasteiger partial charge is 0.253 e. The van der Waals surface area contributed by atoms with Crippen LogP contribution in [-0.2, 0) is 19.5 Å². The van der Waals surface area contributed by atoms with Crippen LogP contribution in [-0.4, -0.2) is 69.2 Å². The molecule has 3 fully saturated rings. The minimum Gasteiger partial charge on any atom is -0.350 e. The lowest BCUT2D eigenvalue weighted by molar-refractivity contribution is -0.0969. The molecular weight excluding hydrogens is 416 g/mol. The first-order chi connectivity index (χ1) is 14.0. The Bertz CT molecular complexity index is 850. The fourth-order valence-electron chi connectivity index (χ4n) is 4.33. The maximum absolute atomic E-state index is 13.1. The van der Waals surface area contributed by atoms with Gasteiger partial charge in [0.25, 0.3) is 5.91 Å². The Labute approximate surface area is 176 Å². The van der Waals surface area contributed by atoms with Crippen LogP contribution in [0.25, 0.3) is 0 Å². The van der Waals surface area contributed by atoms with Crippen molar-refractivity contribution >= 4 is 27.5 Å². The molecule has 3 aliphatic heterocycles. The monoisotopic (exact) mass is 442 g/mol. The third-order valence-electron chi connectivity index (χ3n) is 5.89. The highest BCUT2D eigenvalue weighted by molar-refractivity contribution is 7.89. The number of likely N-dealkylation sites (tertiary alicyclic amines) is 1. The van der Waals surface area contributed by atoms with Gasteiger partial charge in [0, 0.05) is 37.7 Å². The van der Waals surface area contributed by atoms with Crippen LogP contribution < -0.4 is 0 Å². The van der Waals surface area contributed by atoms with Crippen LogP contribution in [0.2, 0.25) is 5.02 Å². The fraction of sp³-hybridized carbons (Fsp3) is 0.650. The minimum atomic E-state index is -3.71. The third-order valence-corrected chi connectivity index (χ3v) is 8.27. The van der Waals surface area contributed by atoms with Gasteiger partial charge in [-0.15, -0.1) is 0 Å². The van der Waals surface area contributed by atoms with E-state index in [1.165, 1.54) is 16.4 Å². The summed E-state index contributed by atoms with van der Waals surface area (Å²) in [6.07, 6.45) is 4.27. The molecule has 0 N–H and O–H groups in total. The van der Waals surface area contributed by atoms with Gasteiger partial charge in [0.2, 0.25) is 10.0 Å². The molecule has 160 valence electrons. The molecule has 29 heavy (non-hydrogen) atoms. The standard InChI is InChI=1S/C20H27ClN2O5S/c21-17-7-6-15(13-18(17)29(25,26)23-9-2-1-3-10-23)19(24)22-8-4-5-16(14-22)20-27-11-12-28-20/h6-7,13,16,20H,1-5,8-12,14H2. The maximum atomic E-state index is 13.1. The number of halogens is 1. The molecule has 4 rings (SSSR count). The Kier molecular flexibility index (Phi) is 6.46. The summed E-state index contributed by atoms with van der Waals surface area (Å²) in [4.78, 5) is 14.9. The molecule has 1 aromatic carbocycles. The third kappa shape index (κ3) is 4.46. The minimum absolute atomic E-state index is 0.0166. The number of nitrogens with zero attached hydrogens (tertiary/aromatic N) is 2. The van der Waals surface area contributed by atoms with Crippen molar-refractivity contribution in [2.24, 2.45) is 5.92 Å². The van der Waals surface area contributed by atoms with Crippen molar-refractivity contribution in [3.05, 3.63) is 28.8 Å². The van der Waals surface area contributed by atoms with E-state index in [-0.39, 0.29) is 28.0 Å². The predicted octanol–water partition coefficient (Wildman–Crippen LogP) is 2.74. The van der Waals surface area contributed by atoms with E-state index in [1.807, 2.05) is 0 Å². The highest BCUT2D eigenvalue weighted by Crippen LogP contribution is 2.30. The van der Waals surface area contributed by atoms with E-state index in [2.05, 4.69) is 0 Å². The Morgan fingerprint density at radius 1 is 1.03 bits per heavy atom. The van der Waals surface area contributed by atoms with Crippen molar-refractivity contribution in [2.45, 2.75) is 43.3 Å². The first-order valence-corrected chi connectivity index (χ1v) is 12.1. The first kappa shape index (κ1) is 21.1. The summed E-state index contributed by atoms with van der Waals surface area (Å²) < 4.78 is 38.8. The summed E-state index contributed by atoms with van der Waals surface area (Å²) in [7, 11) is -3.71. The summed E-state index contributed by atoms with van der Waals surface area (Å²) in [5.74, 6) is -0.0430. The van der Waals surface area contributed by atoms with Crippen LogP contribution in [0.4, 0.5) is 0 Å². The molecule has 9 heteroatoms. The van der Waals surface area contributed by atoms with Gasteiger partial charge in [0.15, 0.2) is 6.29 Å². The maximum Gasteiger partial charge on any atom is 0.253 e. The van der Waals surface area contributed by atoms with Gasteiger partial charge in [-0.05, 0) is 43.9 Å². The topological polar surface area (TPSA) is 76.2 Å². The van der Waals surface area contributed by atoms with Crippen LogP contribution in [0.5, 0.6) is 0 Å². The normalized spacial score (nSPS) is 24.7. The van der Waals surface area contributed by atoms with Crippen LogP contribution in [0.15, 0.2) is 23.1 Å². The van der Waals surface area contributed by atoms with Gasteiger partial charge in [-0.25, -0.2) is 8.42 Å². The van der Waals surface area contributed by atoms with Gasteiger partial charge in [0.05, 0.1) is 18.2 Å². The second-order valence-corrected chi connectivity index (χ2v) is 10.2. The van der Waals surface area contributed by atoms with E-state index in [9.17, 15) is 13.2 Å². The lowest BCUT2D eigenvalue weighted by atomic mass is 9.96. The number of hydrogen-bond donors (Lipinski definition) is 0. The number of piperidine rings is 2. The van der Waals surface area contributed by atoms with Crippen molar-refractivity contribution in [3.63, 3.8) is 0 Å². The Hall–Kier alpha value is -1.19. The molecule has 3 aliphatic rings. The molecule has 0 saturated carbocycles. The molecule has 3 heterocycles. The number of ether oxygens (including phenoxy) is 2. The number of amides is 1. The second kappa shape index (κ2) is 8.89. The SMILES string of the molecule is O=C(c1ccc(Cl)c(S(=O)(=O)N2CCCCC2)c1)N1CCCC(C2OCCO2)C1. The molecule has 0 radical (unpaired) electrons. The summed E-state index contributed by atoms with van der Waals surface area (Å²) in [5.41, 5.74) is 0.346. The van der Waals surface area contributed by atoms with Crippen molar-refractivity contribution in [1.82, 2.24) is 9.21 Å². The van der Waals surface area contributed by atoms with Gasteiger partial charge >= 0.3 is 0 Å². The Morgan fingerprint density at radius 2 is 1.76 bits per heavy atom. The van der Waals surface area contributed by atoms with E-state index in [1.54, 1.807) is 11.0 Å². The summed E-state index contributed by atoms with van der Waals surface area (Å²) in [5, 5.41) is 0.149. The number of sulfonamides is 1. The fourth-order valence-corrected chi connectivity index (χ4v) is 6.34. The zero-order valence-electron chi connectivity index (χ0n) is 16.4. The quantitative estimate of drug-likeness (QED) is 0.716. The molecule has 0 aliphatic carbocycles. The summed E-state index contributed by atoms with van der Waals surface area (Å²) in [6, 6.07) is 4.54. The van der Waals surface area contributed by atoms with Gasteiger partial charge < -0.3 is 14.4 Å². The Morgan fingerprint density at radius 3 is 2.48 bits per heavy atom. The molecule has 0 spiro atoms. The zero-order valence-corrected chi connectivity index (χ0v) is 18.0. The average molecular weight is 443 g/mol. The number of carbonyl (C=O) groups is 1. The number of rotatable bonds is 4. The zero-order chi connectivity index (χ0) is 20.4. The van der Waals surface area contributed by atoms with Gasteiger partial charge in [0.1, 0.15) is 4.90 Å². The van der Waals surface area contributed by atoms with Gasteiger partial charge in [-0.1, -0.05) is 18.0 Å². The molecule has 3 saturated heterocycles. The summed E-state index contributed by atoms with van der Waals surface area (Å²) in [6.45, 7) is 3.34. The number of hydrogen-bond acceptors (Lipinski definition) is 5. The molecule has 7 nitrogen and oxygen atoms in total. The first-order valence-electron chi connectivity index (χ1n) is 10.3. The average Bonchev–Trinajstić information content (AvgIpc) is 3.29. The highest BCUT2D eigenvalue weighted by atomic mass is 35.5. The molecule has 0 aromatic heterocycles. The van der Waals surface area contributed by atoms with E-state index < -0.39 is 10.0 Å². The van der Waals surface area contributed by atoms with Crippen LogP contribution in [0.1, 0.15) is 42.5 Å². The summed E-state index contributed by atoms with van der Waals surface area (Å²) >= 11 is 6.24. The van der Waals surface area contributed by atoms with E-state index in [0.717, 1.165) is 32.1 Å². The predicted molar refractivity (Wildman–Crippen MR) is 108 cm³/mol. The van der Waals surface area contributed by atoms with Crippen LogP contribution >= 0.6 is 11.6 Å². The van der Waals surface area contributed by atoms with Crippen LogP contribution in [0.3, 0.4) is 0 Å². The van der Waals surface area contributed by atoms with Crippen molar-refractivity contribution in [1.29, 1.82) is 0 Å². The molecule has 1 aromatic rings. The van der Waals surface area contributed by atoms with Gasteiger partial charge in [-0.2, -0.15) is 4.31 Å². The number of benzene rings is 1. The lowest BCUT2D eigenvalue weighted by Gasteiger charge is -2.35. The van der Waals surface area contributed by atoms with E-state index in [0.29, 0.717) is 45.0 Å². The van der Waals surface area contributed by atoms with E-state index in [4.69, 9.17) is 21.1 Å². The van der Waals surface area contributed by atoms with Crippen molar-refractivity contribution in [3.8, 4) is 0 Å². The number of carbonyl (C=O) groups excluding carboxylic acids is 1. The molecule has 1 atom stereocenters. The van der Waals surface area contributed by atoms with Crippen LogP contribution in [0, 0.1) is 5.92 Å². The molecule has 0 bridgehead atoms.